The van der Waals surface area contributed by atoms with E-state index in [1.165, 1.54) is 5.56 Å². The Balaban J connectivity index is 2.40. The number of pyridine rings is 1. The van der Waals surface area contributed by atoms with Crippen LogP contribution in [0.1, 0.15) is 17.8 Å². The summed E-state index contributed by atoms with van der Waals surface area (Å²) >= 11 is 0. The highest BCUT2D eigenvalue weighted by Crippen LogP contribution is 2.10. The smallest absolute Gasteiger partial charge is 0.113 e. The number of imidazole rings is 1. The minimum absolute atomic E-state index is 0.223. The van der Waals surface area contributed by atoms with Crippen molar-refractivity contribution in [2.75, 3.05) is 6.61 Å². The summed E-state index contributed by atoms with van der Waals surface area (Å²) in [7, 11) is 0. The normalized spacial score (nSPS) is 11.0. The molecule has 74 valence electrons. The standard InChI is InChI=1S/C11H14N2O/c1-9-4-5-10-7-12-11(3-2-6-14)13(10)8-9/h4-5,7-8,14H,2-3,6H2,1H3. The first-order valence-corrected chi connectivity index (χ1v) is 4.85. The molecule has 0 aromatic carbocycles. The topological polar surface area (TPSA) is 37.5 Å². The molecule has 0 aliphatic carbocycles. The van der Waals surface area contributed by atoms with Crippen LogP contribution in [-0.4, -0.2) is 21.1 Å². The molecule has 14 heavy (non-hydrogen) atoms. The minimum atomic E-state index is 0.223. The molecular weight excluding hydrogens is 176 g/mol. The van der Waals surface area contributed by atoms with Gasteiger partial charge >= 0.3 is 0 Å². The zero-order valence-electron chi connectivity index (χ0n) is 8.27. The zero-order chi connectivity index (χ0) is 9.97. The molecule has 0 unspecified atom stereocenters. The van der Waals surface area contributed by atoms with Crippen LogP contribution in [0.25, 0.3) is 5.52 Å². The molecule has 0 atom stereocenters. The van der Waals surface area contributed by atoms with Crippen LogP contribution in [0.2, 0.25) is 0 Å². The quantitative estimate of drug-likeness (QED) is 0.797. The monoisotopic (exact) mass is 190 g/mol. The predicted molar refractivity (Wildman–Crippen MR) is 55.3 cm³/mol. The fourth-order valence-electron chi connectivity index (χ4n) is 1.57. The van der Waals surface area contributed by atoms with E-state index in [0.717, 1.165) is 24.2 Å². The van der Waals surface area contributed by atoms with E-state index in [2.05, 4.69) is 34.6 Å². The Labute approximate surface area is 83.0 Å². The summed E-state index contributed by atoms with van der Waals surface area (Å²) in [4.78, 5) is 4.33. The molecule has 0 aliphatic heterocycles. The Hall–Kier alpha value is -1.35. The summed E-state index contributed by atoms with van der Waals surface area (Å²) in [5, 5.41) is 8.75. The van der Waals surface area contributed by atoms with Gasteiger partial charge in [-0.25, -0.2) is 4.98 Å². The Morgan fingerprint density at radius 2 is 2.29 bits per heavy atom. The lowest BCUT2D eigenvalue weighted by Crippen LogP contribution is -1.97. The zero-order valence-corrected chi connectivity index (χ0v) is 8.27. The number of nitrogens with zero attached hydrogens (tertiary/aromatic N) is 2. The third kappa shape index (κ3) is 1.63. The second-order valence-electron chi connectivity index (χ2n) is 3.50. The van der Waals surface area contributed by atoms with E-state index in [0.29, 0.717) is 0 Å². The average molecular weight is 190 g/mol. The number of fused-ring (bicyclic) bond motifs is 1. The van der Waals surface area contributed by atoms with Gasteiger partial charge in [0, 0.05) is 19.2 Å². The predicted octanol–water partition coefficient (Wildman–Crippen LogP) is 1.57. The van der Waals surface area contributed by atoms with Crippen LogP contribution in [0.3, 0.4) is 0 Å². The Morgan fingerprint density at radius 1 is 1.43 bits per heavy atom. The lowest BCUT2D eigenvalue weighted by molar-refractivity contribution is 0.287. The molecule has 0 saturated carbocycles. The van der Waals surface area contributed by atoms with Crippen molar-refractivity contribution in [2.24, 2.45) is 0 Å². The maximum atomic E-state index is 8.75. The van der Waals surface area contributed by atoms with Crippen LogP contribution in [0.15, 0.2) is 24.5 Å². The first-order valence-electron chi connectivity index (χ1n) is 4.85. The number of aliphatic hydroxyl groups is 1. The van der Waals surface area contributed by atoms with Crippen molar-refractivity contribution in [1.82, 2.24) is 9.38 Å². The van der Waals surface area contributed by atoms with Crippen molar-refractivity contribution in [3.8, 4) is 0 Å². The number of rotatable bonds is 3. The third-order valence-corrected chi connectivity index (χ3v) is 2.31. The second-order valence-corrected chi connectivity index (χ2v) is 3.50. The minimum Gasteiger partial charge on any atom is -0.396 e. The molecule has 0 saturated heterocycles. The lowest BCUT2D eigenvalue weighted by atomic mass is 10.3. The van der Waals surface area contributed by atoms with Gasteiger partial charge in [0.2, 0.25) is 0 Å². The van der Waals surface area contributed by atoms with Crippen LogP contribution in [0.5, 0.6) is 0 Å². The molecule has 3 heteroatoms. The highest BCUT2D eigenvalue weighted by Gasteiger charge is 2.02. The van der Waals surface area contributed by atoms with E-state index in [-0.39, 0.29) is 6.61 Å². The summed E-state index contributed by atoms with van der Waals surface area (Å²) in [6, 6.07) is 4.14. The van der Waals surface area contributed by atoms with Crippen molar-refractivity contribution in [2.45, 2.75) is 19.8 Å². The molecule has 1 N–H and O–H groups in total. The first kappa shape index (κ1) is 9.21. The average Bonchev–Trinajstić information content (AvgIpc) is 2.57. The summed E-state index contributed by atoms with van der Waals surface area (Å²) in [6.45, 7) is 2.29. The molecule has 2 aromatic heterocycles. The number of aryl methyl sites for hydroxylation is 2. The van der Waals surface area contributed by atoms with Gasteiger partial charge in [0.05, 0.1) is 11.7 Å². The lowest BCUT2D eigenvalue weighted by Gasteiger charge is -2.01. The molecule has 0 radical (unpaired) electrons. The Morgan fingerprint density at radius 3 is 3.07 bits per heavy atom. The highest BCUT2D eigenvalue weighted by molar-refractivity contribution is 5.46. The molecule has 2 aromatic rings. The van der Waals surface area contributed by atoms with Crippen LogP contribution < -0.4 is 0 Å². The maximum absolute atomic E-state index is 8.75. The molecule has 0 spiro atoms. The van der Waals surface area contributed by atoms with Gasteiger partial charge in [-0.3, -0.25) is 0 Å². The van der Waals surface area contributed by atoms with Crippen molar-refractivity contribution in [1.29, 1.82) is 0 Å². The van der Waals surface area contributed by atoms with Crippen molar-refractivity contribution in [3.63, 3.8) is 0 Å². The van der Waals surface area contributed by atoms with Crippen LogP contribution in [0.4, 0.5) is 0 Å². The SMILES string of the molecule is Cc1ccc2cnc(CCCO)n2c1. The molecule has 2 rings (SSSR count). The first-order chi connectivity index (χ1) is 6.81. The number of aliphatic hydroxyl groups excluding tert-OH is 1. The van der Waals surface area contributed by atoms with E-state index in [9.17, 15) is 0 Å². The molecule has 2 heterocycles. The summed E-state index contributed by atoms with van der Waals surface area (Å²) < 4.78 is 2.09. The summed E-state index contributed by atoms with van der Waals surface area (Å²) in [6.07, 6.45) is 5.54. The second kappa shape index (κ2) is 3.80. The van der Waals surface area contributed by atoms with E-state index < -0.39 is 0 Å². The summed E-state index contributed by atoms with van der Waals surface area (Å²) in [5.41, 5.74) is 2.34. The van der Waals surface area contributed by atoms with Gasteiger partial charge in [-0.2, -0.15) is 0 Å². The number of hydrogen-bond donors (Lipinski definition) is 1. The maximum Gasteiger partial charge on any atom is 0.113 e. The van der Waals surface area contributed by atoms with Gasteiger partial charge in [0.15, 0.2) is 0 Å². The number of hydrogen-bond acceptors (Lipinski definition) is 2. The summed E-state index contributed by atoms with van der Waals surface area (Å²) in [5.74, 6) is 1.03. The van der Waals surface area contributed by atoms with Gasteiger partial charge in [0.1, 0.15) is 5.82 Å². The largest absolute Gasteiger partial charge is 0.396 e. The Bertz CT molecular complexity index is 434. The van der Waals surface area contributed by atoms with E-state index in [1.807, 2.05) is 6.20 Å². The fraction of sp³-hybridized carbons (Fsp3) is 0.364. The fourth-order valence-corrected chi connectivity index (χ4v) is 1.57. The van der Waals surface area contributed by atoms with Crippen LogP contribution in [0, 0.1) is 6.92 Å². The van der Waals surface area contributed by atoms with E-state index in [1.54, 1.807) is 0 Å². The molecular formula is C11H14N2O. The number of aromatic nitrogens is 2. The van der Waals surface area contributed by atoms with Crippen LogP contribution in [-0.2, 0) is 6.42 Å². The van der Waals surface area contributed by atoms with Gasteiger partial charge in [-0.05, 0) is 25.0 Å². The van der Waals surface area contributed by atoms with Crippen molar-refractivity contribution < 1.29 is 5.11 Å². The molecule has 0 amide bonds. The van der Waals surface area contributed by atoms with Gasteiger partial charge < -0.3 is 9.51 Å². The van der Waals surface area contributed by atoms with Gasteiger partial charge in [-0.1, -0.05) is 6.07 Å². The molecule has 0 bridgehead atoms. The Kier molecular flexibility index (Phi) is 2.50. The van der Waals surface area contributed by atoms with Gasteiger partial charge in [-0.15, -0.1) is 0 Å². The molecule has 3 nitrogen and oxygen atoms in total. The highest BCUT2D eigenvalue weighted by atomic mass is 16.2. The van der Waals surface area contributed by atoms with Crippen molar-refractivity contribution in [3.05, 3.63) is 35.9 Å². The van der Waals surface area contributed by atoms with Crippen molar-refractivity contribution >= 4 is 5.52 Å². The molecule has 0 aliphatic rings. The van der Waals surface area contributed by atoms with E-state index >= 15 is 0 Å². The third-order valence-electron chi connectivity index (χ3n) is 2.31. The van der Waals surface area contributed by atoms with Crippen LogP contribution >= 0.6 is 0 Å². The molecule has 0 fully saturated rings. The van der Waals surface area contributed by atoms with E-state index in [4.69, 9.17) is 5.11 Å². The van der Waals surface area contributed by atoms with Gasteiger partial charge in [0.25, 0.3) is 0 Å².